The normalized spacial score (nSPS) is 19.1. The number of para-hydroxylation sites is 1. The molecule has 1 unspecified atom stereocenters. The van der Waals surface area contributed by atoms with E-state index in [4.69, 9.17) is 16.3 Å². The number of hydrogen-bond donors (Lipinski definition) is 3. The van der Waals surface area contributed by atoms with Crippen molar-refractivity contribution in [3.63, 3.8) is 0 Å². The van der Waals surface area contributed by atoms with E-state index in [-0.39, 0.29) is 24.1 Å². The summed E-state index contributed by atoms with van der Waals surface area (Å²) >= 11 is 6.53. The Labute approximate surface area is 374 Å². The van der Waals surface area contributed by atoms with E-state index in [0.717, 1.165) is 93.6 Å². The highest BCUT2D eigenvalue weighted by atomic mass is 35.5. The third-order valence-electron chi connectivity index (χ3n) is 12.8. The van der Waals surface area contributed by atoms with Crippen molar-refractivity contribution < 1.29 is 23.7 Å². The maximum atomic E-state index is 13.2. The van der Waals surface area contributed by atoms with Gasteiger partial charge in [-0.3, -0.25) is 24.6 Å². The zero-order valence-corrected chi connectivity index (χ0v) is 38.2. The van der Waals surface area contributed by atoms with Crippen molar-refractivity contribution in [2.45, 2.75) is 64.1 Å². The van der Waals surface area contributed by atoms with Gasteiger partial charge in [0.1, 0.15) is 24.0 Å². The predicted octanol–water partition coefficient (Wildman–Crippen LogP) is 6.89. The number of aromatic nitrogens is 2. The Morgan fingerprint density at radius 3 is 2.46 bits per heavy atom. The summed E-state index contributed by atoms with van der Waals surface area (Å²) in [5.41, 5.74) is 6.44. The molecule has 1 aromatic heterocycles. The molecule has 3 saturated heterocycles. The fourth-order valence-corrected chi connectivity index (χ4v) is 10.6. The van der Waals surface area contributed by atoms with E-state index in [1.54, 1.807) is 31.5 Å². The van der Waals surface area contributed by atoms with Gasteiger partial charge in [-0.25, -0.2) is 4.98 Å². The van der Waals surface area contributed by atoms with Gasteiger partial charge in [-0.15, -0.1) is 0 Å². The number of nitrogens with zero attached hydrogens (tertiary/aromatic N) is 6. The first-order valence-corrected chi connectivity index (χ1v) is 24.9. The van der Waals surface area contributed by atoms with Crippen LogP contribution in [0.2, 0.25) is 5.02 Å². The molecule has 0 saturated carbocycles. The number of aryl methyl sites for hydroxylation is 1. The summed E-state index contributed by atoms with van der Waals surface area (Å²) in [5.74, 6) is 0.654. The number of imide groups is 1. The van der Waals surface area contributed by atoms with E-state index in [9.17, 15) is 18.9 Å². The largest absolute Gasteiger partial charge is 0.494 e. The molecule has 4 aliphatic rings. The number of carbonyl (C=O) groups is 3. The molecule has 8 rings (SSSR count). The van der Waals surface area contributed by atoms with Crippen molar-refractivity contribution in [3.05, 3.63) is 94.1 Å². The van der Waals surface area contributed by atoms with Gasteiger partial charge in [0.05, 0.1) is 24.7 Å². The maximum Gasteiger partial charge on any atom is 0.255 e. The molecule has 16 heteroatoms. The quantitative estimate of drug-likeness (QED) is 0.0894. The second kappa shape index (κ2) is 19.2. The summed E-state index contributed by atoms with van der Waals surface area (Å²) in [7, 11) is -0.878. The molecule has 3 N–H and O–H groups in total. The fraction of sp³-hybridized carbons (Fsp3) is 0.426. The highest BCUT2D eigenvalue weighted by Gasteiger charge is 2.39. The molecule has 14 nitrogen and oxygen atoms in total. The van der Waals surface area contributed by atoms with Crippen molar-refractivity contribution in [2.24, 2.45) is 0 Å². The first-order valence-electron chi connectivity index (χ1n) is 22.0. The lowest BCUT2D eigenvalue weighted by Gasteiger charge is -2.43. The molecule has 3 amide bonds. The Morgan fingerprint density at radius 1 is 0.952 bits per heavy atom. The summed E-state index contributed by atoms with van der Waals surface area (Å²) < 4.78 is 18.9. The average molecular weight is 894 g/mol. The Morgan fingerprint density at radius 2 is 1.73 bits per heavy atom. The van der Waals surface area contributed by atoms with Crippen molar-refractivity contribution in [3.8, 4) is 5.75 Å². The van der Waals surface area contributed by atoms with Gasteiger partial charge in [0.15, 0.2) is 5.82 Å². The molecule has 1 atom stereocenters. The van der Waals surface area contributed by atoms with Crippen molar-refractivity contribution in [1.82, 2.24) is 30.0 Å². The van der Waals surface area contributed by atoms with Crippen LogP contribution in [0.25, 0.3) is 6.08 Å². The van der Waals surface area contributed by atoms with Crippen LogP contribution in [0.5, 0.6) is 5.75 Å². The molecule has 0 aliphatic carbocycles. The monoisotopic (exact) mass is 893 g/mol. The minimum atomic E-state index is -2.56. The molecule has 5 heterocycles. The lowest BCUT2D eigenvalue weighted by Crippen LogP contribution is -2.53. The van der Waals surface area contributed by atoms with Gasteiger partial charge < -0.3 is 34.6 Å². The third kappa shape index (κ3) is 9.94. The van der Waals surface area contributed by atoms with Crippen molar-refractivity contribution >= 4 is 76.7 Å². The zero-order chi connectivity index (χ0) is 44.3. The average Bonchev–Trinajstić information content (AvgIpc) is 3.62. The van der Waals surface area contributed by atoms with Crippen molar-refractivity contribution in [1.29, 1.82) is 0 Å². The zero-order valence-electron chi connectivity index (χ0n) is 36.5. The van der Waals surface area contributed by atoms with Crippen LogP contribution < -0.4 is 30.9 Å². The Bertz CT molecular complexity index is 2440. The van der Waals surface area contributed by atoms with Crippen LogP contribution in [-0.4, -0.2) is 121 Å². The number of anilines is 5. The number of methoxy groups -OCH3 is 1. The van der Waals surface area contributed by atoms with Gasteiger partial charge in [-0.05, 0) is 86.4 Å². The number of nitrogens with one attached hydrogen (secondary N) is 3. The molecule has 0 bridgehead atoms. The van der Waals surface area contributed by atoms with E-state index in [1.165, 1.54) is 11.3 Å². The van der Waals surface area contributed by atoms with E-state index in [2.05, 4.69) is 71.8 Å². The molecule has 0 radical (unpaired) electrons. The molecule has 0 spiro atoms. The summed E-state index contributed by atoms with van der Waals surface area (Å²) in [4.78, 5) is 55.9. The Hall–Kier alpha value is -5.27. The van der Waals surface area contributed by atoms with Crippen LogP contribution in [-0.2, 0) is 27.1 Å². The number of fused-ring (bicyclic) bond motifs is 1. The predicted molar refractivity (Wildman–Crippen MR) is 251 cm³/mol. The van der Waals surface area contributed by atoms with Gasteiger partial charge in [0.2, 0.25) is 17.8 Å². The number of piperazine rings is 1. The number of hydrogen-bond acceptors (Lipinski definition) is 12. The maximum absolute atomic E-state index is 13.2. The summed E-state index contributed by atoms with van der Waals surface area (Å²) in [6.07, 6.45) is 10.4. The second-order valence-corrected chi connectivity index (χ2v) is 20.7. The van der Waals surface area contributed by atoms with Gasteiger partial charge in [0.25, 0.3) is 5.91 Å². The summed E-state index contributed by atoms with van der Waals surface area (Å²) in [5, 5.41) is 10.1. The molecule has 3 aromatic carbocycles. The van der Waals surface area contributed by atoms with E-state index < -0.39 is 13.2 Å². The molecule has 4 aromatic rings. The third-order valence-corrected chi connectivity index (χ3v) is 14.6. The topological polar surface area (TPSA) is 152 Å². The molecular weight excluding hydrogens is 837 g/mol. The number of benzene rings is 3. The first-order chi connectivity index (χ1) is 30.4. The van der Waals surface area contributed by atoms with Crippen LogP contribution in [0.4, 0.5) is 28.8 Å². The SMILES string of the molecule is CCc1cc(Nc2ncc(Cl)c(Nc3ccccc3P(C)(C)=O)n2)c(OC)cc1N1CCC(N2CCN(CC/C=C\c3cccc4c3CN(C3CCC(=O)NC3=O)C4=O)CC2)CC1. The van der Waals surface area contributed by atoms with Crippen LogP contribution in [0.3, 0.4) is 0 Å². The standard InChI is InChI=1S/C47H57ClN9O5P/c1-5-31-27-38(51-47-49-29-36(48)44(53-47)50-37-14-6-7-15-42(37)63(3,4)61)41(62-2)28-40(31)56-21-18-33(19-22-56)55-25-23-54(24-26-55)20-9-8-11-32-12-10-13-34-35(32)30-57(46(34)60)39-16-17-43(58)52-45(39)59/h6-8,10-15,27-29,33,39H,5,9,16-26,30H2,1-4H3,(H,52,58,59)(H2,49,50,51,53)/b11-8-. The van der Waals surface area contributed by atoms with Crippen LogP contribution in [0, 0.1) is 0 Å². The highest BCUT2D eigenvalue weighted by Crippen LogP contribution is 2.40. The van der Waals surface area contributed by atoms with E-state index >= 15 is 0 Å². The van der Waals surface area contributed by atoms with Gasteiger partial charge in [0, 0.05) is 87.4 Å². The second-order valence-electron chi connectivity index (χ2n) is 17.1. The molecule has 3 fully saturated rings. The van der Waals surface area contributed by atoms with Crippen molar-refractivity contribution in [2.75, 3.05) is 81.8 Å². The number of halogens is 1. The number of amides is 3. The Kier molecular flexibility index (Phi) is 13.5. The summed E-state index contributed by atoms with van der Waals surface area (Å²) in [6.45, 7) is 13.1. The smallest absolute Gasteiger partial charge is 0.255 e. The van der Waals surface area contributed by atoms with E-state index in [1.807, 2.05) is 42.5 Å². The highest BCUT2D eigenvalue weighted by molar-refractivity contribution is 7.70. The number of rotatable bonds is 14. The minimum Gasteiger partial charge on any atom is -0.494 e. The van der Waals surface area contributed by atoms with Crippen LogP contribution >= 0.6 is 18.7 Å². The van der Waals surface area contributed by atoms with Crippen LogP contribution in [0.15, 0.2) is 66.9 Å². The summed E-state index contributed by atoms with van der Waals surface area (Å²) in [6, 6.07) is 17.4. The first kappa shape index (κ1) is 44.3. The van der Waals surface area contributed by atoms with Gasteiger partial charge in [-0.2, -0.15) is 4.98 Å². The Balaban J connectivity index is 0.823. The molecule has 63 heavy (non-hydrogen) atoms. The van der Waals surface area contributed by atoms with Gasteiger partial charge >= 0.3 is 0 Å². The number of ether oxygens (including phenoxy) is 1. The number of piperidine rings is 2. The number of carbonyl (C=O) groups excluding carboxylic acids is 3. The lowest BCUT2D eigenvalue weighted by atomic mass is 9.99. The molecule has 4 aliphatic heterocycles. The van der Waals surface area contributed by atoms with Crippen LogP contribution in [0.1, 0.15) is 66.1 Å². The van der Waals surface area contributed by atoms with E-state index in [0.29, 0.717) is 52.8 Å². The molecular formula is C47H57ClN9O5P. The fourth-order valence-electron chi connectivity index (χ4n) is 9.33. The minimum absolute atomic E-state index is 0.145. The lowest BCUT2D eigenvalue weighted by molar-refractivity contribution is -0.136. The van der Waals surface area contributed by atoms with Gasteiger partial charge in [-0.1, -0.05) is 54.9 Å². The molecule has 332 valence electrons.